The van der Waals surface area contributed by atoms with Crippen molar-refractivity contribution in [2.24, 2.45) is 4.74 Å². The molecule has 1 atom stereocenters. The molecule has 0 unspecified atom stereocenters. The number of aryl methyl sites for hydroxylation is 2. The van der Waals surface area contributed by atoms with Crippen LogP contribution in [0.5, 0.6) is 5.75 Å². The van der Waals surface area contributed by atoms with E-state index >= 15 is 0 Å². The van der Waals surface area contributed by atoms with Crippen molar-refractivity contribution in [1.82, 2.24) is 4.57 Å². The Morgan fingerprint density at radius 3 is 2.38 bits per heavy atom. The maximum absolute atomic E-state index is 11.7. The molecule has 0 aliphatic heterocycles. The van der Waals surface area contributed by atoms with E-state index in [2.05, 4.69) is 90.7 Å². The van der Waals surface area contributed by atoms with Crippen molar-refractivity contribution in [2.45, 2.75) is 46.3 Å². The van der Waals surface area contributed by atoms with Gasteiger partial charge in [-0.3, -0.25) is 10.1 Å². The lowest BCUT2D eigenvalue weighted by Crippen LogP contribution is -2.27. The Hall–Kier alpha value is -3.41. The Balaban J connectivity index is 1.88. The Bertz CT molecular complexity index is 1790. The fraction of sp³-hybridized carbons (Fsp3) is 0.226. The average molecular weight is 604 g/mol. The lowest BCUT2D eigenvalue weighted by atomic mass is 10.1. The Labute approximate surface area is 237 Å². The number of benzene rings is 4. The number of fused-ring (bicyclic) bond motifs is 3. The third-order valence-corrected chi connectivity index (χ3v) is 11.3. The van der Waals surface area contributed by atoms with Crippen LogP contribution in [-0.2, 0) is 6.54 Å². The minimum atomic E-state index is -2.88. The largest absolute Gasteiger partial charge is 0.455 e. The highest BCUT2D eigenvalue weighted by Crippen LogP contribution is 2.62. The molecule has 6 nitrogen and oxygen atoms in total. The van der Waals surface area contributed by atoms with Crippen molar-refractivity contribution in [1.29, 1.82) is 0 Å². The fourth-order valence-corrected chi connectivity index (χ4v) is 8.53. The molecule has 200 valence electrons. The Kier molecular flexibility index (Phi) is 7.17. The summed E-state index contributed by atoms with van der Waals surface area (Å²) >= 11 is 3.57. The number of rotatable bonds is 6. The molecule has 39 heavy (non-hydrogen) atoms. The van der Waals surface area contributed by atoms with E-state index in [0.717, 1.165) is 32.8 Å². The lowest BCUT2D eigenvalue weighted by Gasteiger charge is -2.37. The van der Waals surface area contributed by atoms with Crippen LogP contribution in [0.1, 0.15) is 33.3 Å². The zero-order valence-electron chi connectivity index (χ0n) is 22.7. The van der Waals surface area contributed by atoms with Gasteiger partial charge in [0.25, 0.3) is 5.69 Å². The van der Waals surface area contributed by atoms with Crippen LogP contribution in [0.15, 0.2) is 94.1 Å². The summed E-state index contributed by atoms with van der Waals surface area (Å²) < 4.78 is 15.6. The summed E-state index contributed by atoms with van der Waals surface area (Å²) in [5.41, 5.74) is 3.78. The zero-order chi connectivity index (χ0) is 27.9. The second-order valence-corrected chi connectivity index (χ2v) is 14.9. The van der Waals surface area contributed by atoms with Crippen LogP contribution in [0.2, 0.25) is 0 Å². The van der Waals surface area contributed by atoms with Crippen molar-refractivity contribution < 1.29 is 9.45 Å². The average Bonchev–Trinajstić information content (AvgIpc) is 3.21. The number of nitrogens with zero attached hydrogens (tertiary/aromatic N) is 3. The summed E-state index contributed by atoms with van der Waals surface area (Å²) in [4.78, 5) is 11.3. The van der Waals surface area contributed by atoms with Gasteiger partial charge in [0, 0.05) is 55.4 Å². The maximum Gasteiger partial charge on any atom is 0.271 e. The molecule has 0 spiro atoms. The van der Waals surface area contributed by atoms with Crippen LogP contribution in [0.3, 0.4) is 0 Å². The summed E-state index contributed by atoms with van der Waals surface area (Å²) in [5.74, 6) is 0.690. The normalized spacial score (nSPS) is 13.4. The predicted octanol–water partition coefficient (Wildman–Crippen LogP) is 9.74. The van der Waals surface area contributed by atoms with E-state index in [4.69, 9.17) is 9.27 Å². The molecule has 0 amide bonds. The molecule has 0 saturated carbocycles. The summed E-state index contributed by atoms with van der Waals surface area (Å²) in [5, 5.41) is 14.5. The molecule has 1 heterocycles. The van der Waals surface area contributed by atoms with Gasteiger partial charge in [-0.25, -0.2) is 4.74 Å². The first kappa shape index (κ1) is 27.2. The van der Waals surface area contributed by atoms with Crippen molar-refractivity contribution in [3.05, 3.63) is 105 Å². The van der Waals surface area contributed by atoms with Crippen molar-refractivity contribution in [3.63, 3.8) is 0 Å². The molecule has 0 aliphatic carbocycles. The molecule has 0 bridgehead atoms. The highest BCUT2D eigenvalue weighted by Gasteiger charge is 2.39. The molecule has 5 aromatic rings. The molecule has 1 aromatic heterocycles. The molecule has 0 fully saturated rings. The zero-order valence-corrected chi connectivity index (χ0v) is 25.2. The minimum absolute atomic E-state index is 0.00952. The Morgan fingerprint density at radius 2 is 1.69 bits per heavy atom. The molecule has 0 saturated heterocycles. The maximum atomic E-state index is 11.7. The van der Waals surface area contributed by atoms with E-state index in [1.165, 1.54) is 17.0 Å². The summed E-state index contributed by atoms with van der Waals surface area (Å²) in [6, 6.07) is 27.5. The van der Waals surface area contributed by atoms with E-state index in [0.29, 0.717) is 11.4 Å². The number of hydrogen-bond acceptors (Lipinski definition) is 4. The summed E-state index contributed by atoms with van der Waals surface area (Å²) in [6.45, 7) is 11.3. The summed E-state index contributed by atoms with van der Waals surface area (Å²) in [6.07, 6.45) is 0. The van der Waals surface area contributed by atoms with Crippen LogP contribution >= 0.6 is 23.2 Å². The quantitative estimate of drug-likeness (QED) is 0.110. The number of nitro benzene ring substituents is 1. The van der Waals surface area contributed by atoms with Gasteiger partial charge in [-0.05, 0) is 61.9 Å². The van der Waals surface area contributed by atoms with Crippen LogP contribution in [0.4, 0.5) is 11.4 Å². The molecule has 4 aromatic carbocycles. The van der Waals surface area contributed by atoms with Crippen molar-refractivity contribution in [3.8, 4) is 5.75 Å². The SMILES string of the molecule is CCn1c2ccccc2c2cc([P@](=Nc3cc([N+](=O)[O-])ccc3C)(Oc3cccc(Br)c3)C(C)(C)C)ccc21. The van der Waals surface area contributed by atoms with Crippen LogP contribution < -0.4 is 9.83 Å². The van der Waals surface area contributed by atoms with Gasteiger partial charge in [0.15, 0.2) is 7.28 Å². The van der Waals surface area contributed by atoms with Crippen molar-refractivity contribution >= 4 is 61.7 Å². The molecule has 8 heteroatoms. The van der Waals surface area contributed by atoms with Gasteiger partial charge in [-0.15, -0.1) is 0 Å². The Morgan fingerprint density at radius 1 is 0.949 bits per heavy atom. The van der Waals surface area contributed by atoms with Crippen LogP contribution in [0, 0.1) is 17.0 Å². The molecular formula is C31H31BrN3O3P. The first-order chi connectivity index (χ1) is 18.5. The number of aromatic nitrogens is 1. The number of nitro groups is 1. The van der Waals surface area contributed by atoms with Crippen molar-refractivity contribution in [2.75, 3.05) is 0 Å². The van der Waals surface area contributed by atoms with E-state index in [1.54, 1.807) is 12.1 Å². The monoisotopic (exact) mass is 603 g/mol. The van der Waals surface area contributed by atoms with Gasteiger partial charge < -0.3 is 9.09 Å². The van der Waals surface area contributed by atoms with Crippen LogP contribution in [0.25, 0.3) is 21.8 Å². The topological polar surface area (TPSA) is 69.7 Å². The number of non-ortho nitro benzene ring substituents is 1. The fourth-order valence-electron chi connectivity index (χ4n) is 5.02. The van der Waals surface area contributed by atoms with E-state index < -0.39 is 12.4 Å². The molecule has 0 radical (unpaired) electrons. The molecular weight excluding hydrogens is 573 g/mol. The highest BCUT2D eigenvalue weighted by atomic mass is 79.9. The second-order valence-electron chi connectivity index (χ2n) is 10.6. The van der Waals surface area contributed by atoms with E-state index in [1.807, 2.05) is 31.2 Å². The number of hydrogen-bond donors (Lipinski definition) is 0. The summed E-state index contributed by atoms with van der Waals surface area (Å²) in [7, 11) is -2.88. The number of para-hydroxylation sites is 1. The minimum Gasteiger partial charge on any atom is -0.455 e. The molecule has 0 aliphatic rings. The predicted molar refractivity (Wildman–Crippen MR) is 166 cm³/mol. The molecule has 5 rings (SSSR count). The highest BCUT2D eigenvalue weighted by molar-refractivity contribution is 9.10. The smallest absolute Gasteiger partial charge is 0.271 e. The lowest BCUT2D eigenvalue weighted by molar-refractivity contribution is -0.384. The third-order valence-electron chi connectivity index (χ3n) is 7.02. The van der Waals surface area contributed by atoms with E-state index in [-0.39, 0.29) is 10.6 Å². The van der Waals surface area contributed by atoms with Gasteiger partial charge in [-0.2, -0.15) is 0 Å². The van der Waals surface area contributed by atoms with Gasteiger partial charge in [-0.1, -0.05) is 67.0 Å². The van der Waals surface area contributed by atoms with Gasteiger partial charge in [0.05, 0.1) is 10.6 Å². The van der Waals surface area contributed by atoms with Gasteiger partial charge in [0.1, 0.15) is 5.75 Å². The van der Waals surface area contributed by atoms with Crippen LogP contribution in [-0.4, -0.2) is 14.6 Å². The second kappa shape index (κ2) is 10.3. The van der Waals surface area contributed by atoms with Gasteiger partial charge in [0.2, 0.25) is 0 Å². The standard InChI is InChI=1S/C31H31BrN3O3P/c1-6-34-29-13-8-7-12-26(29)27-20-25(16-17-30(27)34)39(31(3,4)5,38-24-11-9-10-22(32)18-24)33-28-19-23(35(36)37)15-14-21(28)2/h7-20H,6H2,1-5H3/t39-/m0/s1. The van der Waals surface area contributed by atoms with Gasteiger partial charge >= 0.3 is 0 Å². The first-order valence-electron chi connectivity index (χ1n) is 12.9. The molecule has 0 N–H and O–H groups in total. The first-order valence-corrected chi connectivity index (χ1v) is 15.3. The van der Waals surface area contributed by atoms with E-state index in [9.17, 15) is 10.1 Å². The number of halogens is 1. The third kappa shape index (κ3) is 4.90.